The van der Waals surface area contributed by atoms with Crippen LogP contribution < -0.4 is 0 Å². The summed E-state index contributed by atoms with van der Waals surface area (Å²) in [5.74, 6) is 0. The second-order valence-corrected chi connectivity index (χ2v) is 5.11. The summed E-state index contributed by atoms with van der Waals surface area (Å²) in [5.41, 5.74) is 2.45. The van der Waals surface area contributed by atoms with Crippen molar-refractivity contribution in [1.82, 2.24) is 0 Å². The second kappa shape index (κ2) is 4.80. The van der Waals surface area contributed by atoms with Gasteiger partial charge in [0.2, 0.25) is 0 Å². The van der Waals surface area contributed by atoms with Gasteiger partial charge < -0.3 is 5.11 Å². The quantitative estimate of drug-likeness (QED) is 0.731. The molecule has 84 valence electrons. The molecular formula is C14H22O. The molecule has 1 N–H and O–H groups in total. The lowest BCUT2D eigenvalue weighted by atomic mass is 9.77. The van der Waals surface area contributed by atoms with Crippen LogP contribution in [0.2, 0.25) is 0 Å². The first-order valence-corrected chi connectivity index (χ1v) is 5.74. The monoisotopic (exact) mass is 206 g/mol. The summed E-state index contributed by atoms with van der Waals surface area (Å²) in [4.78, 5) is 0. The predicted molar refractivity (Wildman–Crippen MR) is 65.7 cm³/mol. The van der Waals surface area contributed by atoms with Crippen molar-refractivity contribution in [2.24, 2.45) is 5.41 Å². The molecule has 1 rings (SSSR count). The molecule has 0 amide bonds. The van der Waals surface area contributed by atoms with Crippen LogP contribution in [0.4, 0.5) is 0 Å². The van der Waals surface area contributed by atoms with Crippen LogP contribution in [0, 0.1) is 5.41 Å². The zero-order valence-corrected chi connectivity index (χ0v) is 10.2. The Kier molecular flexibility index (Phi) is 3.92. The molecule has 0 heterocycles. The smallest absolute Gasteiger partial charge is 0.0974 e. The molecule has 1 aliphatic rings. The third-order valence-electron chi connectivity index (χ3n) is 2.65. The molecule has 0 aromatic heterocycles. The molecule has 0 fully saturated rings. The molecule has 1 unspecified atom stereocenters. The van der Waals surface area contributed by atoms with Crippen molar-refractivity contribution in [3.63, 3.8) is 0 Å². The highest BCUT2D eigenvalue weighted by Crippen LogP contribution is 2.35. The number of aliphatic hydroxyl groups excluding tert-OH is 1. The Morgan fingerprint density at radius 3 is 2.60 bits per heavy atom. The molecule has 0 saturated heterocycles. The summed E-state index contributed by atoms with van der Waals surface area (Å²) in [6.07, 6.45) is 9.83. The number of aliphatic hydroxyl groups is 1. The summed E-state index contributed by atoms with van der Waals surface area (Å²) in [6, 6.07) is 0. The van der Waals surface area contributed by atoms with Gasteiger partial charge in [0.25, 0.3) is 0 Å². The molecule has 0 aromatic rings. The zero-order valence-electron chi connectivity index (χ0n) is 10.2. The SMILES string of the molecule is CCCC=C1C(C(C)(C)C)=CC=CC1O. The highest BCUT2D eigenvalue weighted by molar-refractivity contribution is 5.45. The third-order valence-corrected chi connectivity index (χ3v) is 2.65. The highest BCUT2D eigenvalue weighted by Gasteiger charge is 2.24. The van der Waals surface area contributed by atoms with Gasteiger partial charge in [-0.05, 0) is 23.0 Å². The molecule has 0 radical (unpaired) electrons. The largest absolute Gasteiger partial charge is 0.384 e. The molecular weight excluding hydrogens is 184 g/mol. The minimum absolute atomic E-state index is 0.102. The van der Waals surface area contributed by atoms with Crippen LogP contribution in [0.1, 0.15) is 40.5 Å². The fourth-order valence-electron chi connectivity index (χ4n) is 1.83. The van der Waals surface area contributed by atoms with Crippen LogP contribution in [0.3, 0.4) is 0 Å². The van der Waals surface area contributed by atoms with Crippen LogP contribution in [0.5, 0.6) is 0 Å². The molecule has 0 saturated carbocycles. The molecule has 1 heteroatoms. The first-order chi connectivity index (χ1) is 6.96. The first-order valence-electron chi connectivity index (χ1n) is 5.74. The zero-order chi connectivity index (χ0) is 11.5. The van der Waals surface area contributed by atoms with E-state index in [1.165, 1.54) is 5.57 Å². The Morgan fingerprint density at radius 2 is 2.07 bits per heavy atom. The Hall–Kier alpha value is -0.820. The van der Waals surface area contributed by atoms with E-state index in [4.69, 9.17) is 0 Å². The van der Waals surface area contributed by atoms with Gasteiger partial charge in [-0.15, -0.1) is 0 Å². The van der Waals surface area contributed by atoms with Crippen LogP contribution in [-0.2, 0) is 0 Å². The molecule has 1 aliphatic carbocycles. The molecule has 0 aliphatic heterocycles. The second-order valence-electron chi connectivity index (χ2n) is 5.11. The Bertz CT molecular complexity index is 300. The number of unbranched alkanes of at least 4 members (excludes halogenated alkanes) is 1. The summed E-state index contributed by atoms with van der Waals surface area (Å²) >= 11 is 0. The van der Waals surface area contributed by atoms with Gasteiger partial charge in [0, 0.05) is 0 Å². The van der Waals surface area contributed by atoms with E-state index in [-0.39, 0.29) is 5.41 Å². The normalized spacial score (nSPS) is 24.5. The number of hydrogen-bond acceptors (Lipinski definition) is 1. The Labute approximate surface area is 93.2 Å². The van der Waals surface area contributed by atoms with Crippen LogP contribution in [0.15, 0.2) is 35.5 Å². The predicted octanol–water partition coefficient (Wildman–Crippen LogP) is 3.62. The fraction of sp³-hybridized carbons (Fsp3) is 0.571. The highest BCUT2D eigenvalue weighted by atomic mass is 16.3. The van der Waals surface area contributed by atoms with Gasteiger partial charge in [-0.3, -0.25) is 0 Å². The van der Waals surface area contributed by atoms with Crippen molar-refractivity contribution >= 4 is 0 Å². The Balaban J connectivity index is 3.00. The molecule has 0 aromatic carbocycles. The molecule has 0 spiro atoms. The molecule has 0 bridgehead atoms. The van der Waals surface area contributed by atoms with E-state index >= 15 is 0 Å². The lowest BCUT2D eigenvalue weighted by Crippen LogP contribution is -2.20. The van der Waals surface area contributed by atoms with Crippen molar-refractivity contribution in [1.29, 1.82) is 0 Å². The minimum atomic E-state index is -0.421. The number of allylic oxidation sites excluding steroid dienone is 3. The van der Waals surface area contributed by atoms with E-state index in [2.05, 4.69) is 39.8 Å². The third kappa shape index (κ3) is 3.07. The van der Waals surface area contributed by atoms with Gasteiger partial charge in [-0.25, -0.2) is 0 Å². The van der Waals surface area contributed by atoms with Crippen LogP contribution in [0.25, 0.3) is 0 Å². The van der Waals surface area contributed by atoms with E-state index < -0.39 is 6.10 Å². The van der Waals surface area contributed by atoms with Gasteiger partial charge in [-0.1, -0.05) is 58.4 Å². The lowest BCUT2D eigenvalue weighted by Gasteiger charge is -2.29. The summed E-state index contributed by atoms with van der Waals surface area (Å²) in [5, 5.41) is 9.93. The van der Waals surface area contributed by atoms with E-state index in [0.29, 0.717) is 0 Å². The van der Waals surface area contributed by atoms with Gasteiger partial charge in [0.05, 0.1) is 6.10 Å². The van der Waals surface area contributed by atoms with Gasteiger partial charge in [0.15, 0.2) is 0 Å². The maximum atomic E-state index is 9.93. The van der Waals surface area contributed by atoms with Crippen molar-refractivity contribution in [2.45, 2.75) is 46.6 Å². The summed E-state index contributed by atoms with van der Waals surface area (Å²) in [7, 11) is 0. The van der Waals surface area contributed by atoms with Crippen molar-refractivity contribution in [3.8, 4) is 0 Å². The van der Waals surface area contributed by atoms with Gasteiger partial charge >= 0.3 is 0 Å². The van der Waals surface area contributed by atoms with Crippen LogP contribution in [-0.4, -0.2) is 11.2 Å². The van der Waals surface area contributed by atoms with E-state index in [1.807, 2.05) is 12.2 Å². The van der Waals surface area contributed by atoms with E-state index in [0.717, 1.165) is 18.4 Å². The molecule has 1 nitrogen and oxygen atoms in total. The fourth-order valence-corrected chi connectivity index (χ4v) is 1.83. The van der Waals surface area contributed by atoms with Crippen molar-refractivity contribution in [2.75, 3.05) is 0 Å². The van der Waals surface area contributed by atoms with Crippen molar-refractivity contribution < 1.29 is 5.11 Å². The van der Waals surface area contributed by atoms with E-state index in [9.17, 15) is 5.11 Å². The van der Waals surface area contributed by atoms with Crippen LogP contribution >= 0.6 is 0 Å². The summed E-state index contributed by atoms with van der Waals surface area (Å²) in [6.45, 7) is 8.71. The average Bonchev–Trinajstić information content (AvgIpc) is 2.14. The lowest BCUT2D eigenvalue weighted by molar-refractivity contribution is 0.254. The molecule has 1 atom stereocenters. The summed E-state index contributed by atoms with van der Waals surface area (Å²) < 4.78 is 0. The minimum Gasteiger partial charge on any atom is -0.384 e. The van der Waals surface area contributed by atoms with Gasteiger partial charge in [0.1, 0.15) is 0 Å². The first kappa shape index (κ1) is 12.3. The standard InChI is InChI=1S/C14H22O/c1-5-6-8-11-12(14(2,3)4)9-7-10-13(11)15/h7-10,13,15H,5-6H2,1-4H3. The number of rotatable bonds is 2. The average molecular weight is 206 g/mol. The van der Waals surface area contributed by atoms with Crippen molar-refractivity contribution in [3.05, 3.63) is 35.5 Å². The maximum Gasteiger partial charge on any atom is 0.0974 e. The number of hydrogen-bond donors (Lipinski definition) is 1. The Morgan fingerprint density at radius 1 is 1.40 bits per heavy atom. The molecule has 15 heavy (non-hydrogen) atoms. The van der Waals surface area contributed by atoms with E-state index in [1.54, 1.807) is 0 Å². The maximum absolute atomic E-state index is 9.93. The topological polar surface area (TPSA) is 20.2 Å². The van der Waals surface area contributed by atoms with Gasteiger partial charge in [-0.2, -0.15) is 0 Å².